The van der Waals surface area contributed by atoms with Crippen LogP contribution in [-0.4, -0.2) is 19.9 Å². The van der Waals surface area contributed by atoms with Crippen LogP contribution < -0.4 is 0 Å². The first-order chi connectivity index (χ1) is 5.84. The van der Waals surface area contributed by atoms with Gasteiger partial charge in [-0.1, -0.05) is 0 Å². The van der Waals surface area contributed by atoms with Gasteiger partial charge in [0.05, 0.1) is 0 Å². The maximum atomic E-state index is 9.43. The van der Waals surface area contributed by atoms with E-state index in [-0.39, 0.29) is 5.54 Å². The Kier molecular flexibility index (Phi) is 2.58. The quantitative estimate of drug-likeness (QED) is 0.681. The molecule has 5 heteroatoms. The summed E-state index contributed by atoms with van der Waals surface area (Å²) in [6.45, 7) is 7.73. The van der Waals surface area contributed by atoms with Crippen molar-refractivity contribution in [3.8, 4) is 0 Å². The van der Waals surface area contributed by atoms with Crippen LogP contribution in [0.4, 0.5) is 0 Å². The number of aliphatic hydroxyl groups is 1. The van der Waals surface area contributed by atoms with Gasteiger partial charge in [-0.2, -0.15) is 5.10 Å². The lowest BCUT2D eigenvalue weighted by atomic mass is 10.1. The van der Waals surface area contributed by atoms with E-state index in [1.54, 1.807) is 6.92 Å². The molecule has 1 unspecified atom stereocenters. The molecule has 74 valence electrons. The number of rotatable bonds is 1. The van der Waals surface area contributed by atoms with Gasteiger partial charge in [0.1, 0.15) is 6.10 Å². The van der Waals surface area contributed by atoms with E-state index in [0.29, 0.717) is 10.6 Å². The highest BCUT2D eigenvalue weighted by Gasteiger charge is 2.21. The monoisotopic (exact) mass is 201 g/mol. The fraction of sp³-hybridized carbons (Fsp3) is 0.750. The molecule has 0 aliphatic carbocycles. The van der Waals surface area contributed by atoms with Crippen LogP contribution in [0.3, 0.4) is 0 Å². The molecule has 0 amide bonds. The van der Waals surface area contributed by atoms with Gasteiger partial charge < -0.3 is 5.11 Å². The molecule has 0 aliphatic heterocycles. The van der Waals surface area contributed by atoms with Crippen molar-refractivity contribution in [2.24, 2.45) is 0 Å². The van der Waals surface area contributed by atoms with Crippen molar-refractivity contribution in [1.82, 2.24) is 14.8 Å². The van der Waals surface area contributed by atoms with Crippen LogP contribution in [0.2, 0.25) is 0 Å². The largest absolute Gasteiger partial charge is 0.385 e. The maximum absolute atomic E-state index is 9.43. The Morgan fingerprint density at radius 2 is 2.08 bits per heavy atom. The van der Waals surface area contributed by atoms with Crippen LogP contribution in [0, 0.1) is 4.77 Å². The lowest BCUT2D eigenvalue weighted by Crippen LogP contribution is -2.25. The summed E-state index contributed by atoms with van der Waals surface area (Å²) in [5.41, 5.74) is -0.156. The van der Waals surface area contributed by atoms with Gasteiger partial charge in [0.25, 0.3) is 0 Å². The van der Waals surface area contributed by atoms with Gasteiger partial charge in [0.15, 0.2) is 10.6 Å². The lowest BCUT2D eigenvalue weighted by molar-refractivity contribution is 0.174. The maximum Gasteiger partial charge on any atom is 0.195 e. The van der Waals surface area contributed by atoms with Crippen LogP contribution in [0.15, 0.2) is 0 Å². The first-order valence-electron chi connectivity index (χ1n) is 4.20. The van der Waals surface area contributed by atoms with E-state index in [0.717, 1.165) is 0 Å². The second kappa shape index (κ2) is 3.23. The second-order valence-electron chi connectivity index (χ2n) is 4.07. The molecule has 13 heavy (non-hydrogen) atoms. The Bertz CT molecular complexity index is 345. The fourth-order valence-corrected chi connectivity index (χ4v) is 1.65. The topological polar surface area (TPSA) is 53.8 Å². The number of hydrogen-bond acceptors (Lipinski definition) is 3. The Hall–Kier alpha value is -0.680. The van der Waals surface area contributed by atoms with Crippen LogP contribution in [-0.2, 0) is 5.54 Å². The van der Waals surface area contributed by atoms with Crippen molar-refractivity contribution in [2.45, 2.75) is 39.3 Å². The number of aliphatic hydroxyl groups excluding tert-OH is 1. The summed E-state index contributed by atoms with van der Waals surface area (Å²) in [6.07, 6.45) is -0.604. The zero-order valence-electron chi connectivity index (χ0n) is 8.33. The number of hydrogen-bond donors (Lipinski definition) is 2. The molecule has 2 N–H and O–H groups in total. The molecule has 0 saturated carbocycles. The van der Waals surface area contributed by atoms with Gasteiger partial charge in [0, 0.05) is 5.54 Å². The molecule has 0 aromatic carbocycles. The average molecular weight is 201 g/mol. The number of nitrogens with zero attached hydrogens (tertiary/aromatic N) is 2. The number of aromatic amines is 1. The molecule has 0 fully saturated rings. The van der Waals surface area contributed by atoms with Gasteiger partial charge in [-0.3, -0.25) is 9.67 Å². The highest BCUT2D eigenvalue weighted by atomic mass is 32.1. The Balaban J connectivity index is 3.33. The van der Waals surface area contributed by atoms with Gasteiger partial charge in [-0.25, -0.2) is 0 Å². The van der Waals surface area contributed by atoms with Crippen molar-refractivity contribution < 1.29 is 5.11 Å². The minimum absolute atomic E-state index is 0.156. The van der Waals surface area contributed by atoms with Crippen LogP contribution >= 0.6 is 12.2 Å². The van der Waals surface area contributed by atoms with Gasteiger partial charge in [-0.15, -0.1) is 0 Å². The third kappa shape index (κ3) is 1.97. The van der Waals surface area contributed by atoms with E-state index in [9.17, 15) is 5.11 Å². The third-order valence-corrected chi connectivity index (χ3v) is 2.02. The molecular weight excluding hydrogens is 186 g/mol. The number of nitrogens with one attached hydrogen (secondary N) is 1. The van der Waals surface area contributed by atoms with E-state index in [1.807, 2.05) is 25.3 Å². The summed E-state index contributed by atoms with van der Waals surface area (Å²) in [5.74, 6) is 0.581. The zero-order chi connectivity index (χ0) is 10.2. The molecule has 0 saturated heterocycles. The van der Waals surface area contributed by atoms with E-state index in [1.165, 1.54) is 0 Å². The summed E-state index contributed by atoms with van der Waals surface area (Å²) < 4.78 is 2.37. The van der Waals surface area contributed by atoms with Crippen molar-refractivity contribution in [3.63, 3.8) is 0 Å². The van der Waals surface area contributed by atoms with Crippen molar-refractivity contribution in [3.05, 3.63) is 10.6 Å². The van der Waals surface area contributed by atoms with Crippen molar-refractivity contribution >= 4 is 12.2 Å². The molecule has 1 atom stereocenters. The summed E-state index contributed by atoms with van der Waals surface area (Å²) >= 11 is 5.07. The SMILES string of the molecule is CC(O)c1n[nH]c(=S)n1C(C)(C)C. The summed E-state index contributed by atoms with van der Waals surface area (Å²) in [7, 11) is 0. The zero-order valence-corrected chi connectivity index (χ0v) is 9.14. The summed E-state index contributed by atoms with van der Waals surface area (Å²) in [5, 5.41) is 16.1. The van der Waals surface area contributed by atoms with Crippen LogP contribution in [0.5, 0.6) is 0 Å². The molecule has 1 aromatic rings. The molecule has 0 radical (unpaired) electrons. The predicted octanol–water partition coefficient (Wildman–Crippen LogP) is 1.75. The molecule has 0 bridgehead atoms. The summed E-state index contributed by atoms with van der Waals surface area (Å²) in [4.78, 5) is 0. The molecule has 1 heterocycles. The minimum Gasteiger partial charge on any atom is -0.385 e. The smallest absolute Gasteiger partial charge is 0.195 e. The van der Waals surface area contributed by atoms with E-state index in [2.05, 4.69) is 10.2 Å². The molecule has 1 aromatic heterocycles. The second-order valence-corrected chi connectivity index (χ2v) is 4.46. The molecular formula is C8H15N3OS. The lowest BCUT2D eigenvalue weighted by Gasteiger charge is -2.23. The van der Waals surface area contributed by atoms with Gasteiger partial charge >= 0.3 is 0 Å². The average Bonchev–Trinajstić information content (AvgIpc) is 2.28. The van der Waals surface area contributed by atoms with Crippen LogP contribution in [0.1, 0.15) is 39.6 Å². The molecule has 0 aliphatic rings. The third-order valence-electron chi connectivity index (χ3n) is 1.74. The van der Waals surface area contributed by atoms with Gasteiger partial charge in [0.2, 0.25) is 0 Å². The number of H-pyrrole nitrogens is 1. The number of aromatic nitrogens is 3. The predicted molar refractivity (Wildman–Crippen MR) is 53.0 cm³/mol. The van der Waals surface area contributed by atoms with Crippen molar-refractivity contribution in [1.29, 1.82) is 0 Å². The van der Waals surface area contributed by atoms with Crippen LogP contribution in [0.25, 0.3) is 0 Å². The molecule has 1 rings (SSSR count). The van der Waals surface area contributed by atoms with E-state index >= 15 is 0 Å². The minimum atomic E-state index is -0.604. The first kappa shape index (κ1) is 10.4. The van der Waals surface area contributed by atoms with Crippen molar-refractivity contribution in [2.75, 3.05) is 0 Å². The molecule has 4 nitrogen and oxygen atoms in total. The Morgan fingerprint density at radius 3 is 2.38 bits per heavy atom. The van der Waals surface area contributed by atoms with E-state index < -0.39 is 6.10 Å². The van der Waals surface area contributed by atoms with Gasteiger partial charge in [-0.05, 0) is 39.9 Å². The summed E-state index contributed by atoms with van der Waals surface area (Å²) in [6, 6.07) is 0. The standard InChI is InChI=1S/C8H15N3OS/c1-5(12)6-9-10-7(13)11(6)8(2,3)4/h5,12H,1-4H3,(H,10,13). The van der Waals surface area contributed by atoms with E-state index in [4.69, 9.17) is 12.2 Å². The molecule has 0 spiro atoms. The highest BCUT2D eigenvalue weighted by molar-refractivity contribution is 7.71. The Labute approximate surface area is 82.6 Å². The normalized spacial score (nSPS) is 14.5. The highest BCUT2D eigenvalue weighted by Crippen LogP contribution is 2.20. The first-order valence-corrected chi connectivity index (χ1v) is 4.60. The Morgan fingerprint density at radius 1 is 1.54 bits per heavy atom. The fourth-order valence-electron chi connectivity index (χ4n) is 1.24.